The molecule has 0 fully saturated rings. The molecule has 1 N–H and O–H groups in total. The third-order valence-electron chi connectivity index (χ3n) is 4.60. The van der Waals surface area contributed by atoms with Crippen molar-refractivity contribution in [1.82, 2.24) is 24.6 Å². The number of aromatic amines is 1. The average molecular weight is 337 g/mol. The summed E-state index contributed by atoms with van der Waals surface area (Å²) in [6.45, 7) is 4.07. The second-order valence-electron chi connectivity index (χ2n) is 6.41. The molecule has 0 aliphatic carbocycles. The number of hydrogen-bond donors (Lipinski definition) is 1. The van der Waals surface area contributed by atoms with Gasteiger partial charge in [-0.1, -0.05) is 6.07 Å². The first kappa shape index (κ1) is 17.0. The van der Waals surface area contributed by atoms with Gasteiger partial charge in [-0.2, -0.15) is 5.10 Å². The van der Waals surface area contributed by atoms with Crippen LogP contribution >= 0.6 is 0 Å². The van der Waals surface area contributed by atoms with E-state index in [0.717, 1.165) is 22.6 Å². The maximum Gasteiger partial charge on any atom is 0.271 e. The fraction of sp³-hybridized carbons (Fsp3) is 0.316. The number of rotatable bonds is 5. The highest BCUT2D eigenvalue weighted by Crippen LogP contribution is 2.19. The Morgan fingerprint density at radius 2 is 2.16 bits per heavy atom. The maximum atomic E-state index is 12.8. The summed E-state index contributed by atoms with van der Waals surface area (Å²) in [4.78, 5) is 18.9. The first-order chi connectivity index (χ1) is 12.0. The lowest BCUT2D eigenvalue weighted by atomic mass is 10.1. The molecule has 0 saturated heterocycles. The molecule has 3 aromatic heterocycles. The number of H-pyrrole nitrogens is 1. The van der Waals surface area contributed by atoms with Crippen molar-refractivity contribution in [2.24, 2.45) is 7.05 Å². The summed E-state index contributed by atoms with van der Waals surface area (Å²) in [6.07, 6.45) is 4.46. The Labute approximate surface area is 147 Å². The van der Waals surface area contributed by atoms with E-state index in [2.05, 4.69) is 15.2 Å². The number of pyridine rings is 1. The summed E-state index contributed by atoms with van der Waals surface area (Å²) in [7, 11) is 3.77. The summed E-state index contributed by atoms with van der Waals surface area (Å²) < 4.78 is 1.97. The highest BCUT2D eigenvalue weighted by Gasteiger charge is 2.21. The fourth-order valence-electron chi connectivity index (χ4n) is 2.83. The average Bonchev–Trinajstić information content (AvgIpc) is 3.24. The van der Waals surface area contributed by atoms with Gasteiger partial charge in [0, 0.05) is 44.6 Å². The van der Waals surface area contributed by atoms with Crippen molar-refractivity contribution in [3.05, 3.63) is 59.7 Å². The summed E-state index contributed by atoms with van der Waals surface area (Å²) >= 11 is 0. The molecule has 6 nitrogen and oxygen atoms in total. The minimum atomic E-state index is -0.0750. The predicted molar refractivity (Wildman–Crippen MR) is 97.2 cm³/mol. The molecule has 0 radical (unpaired) electrons. The number of nitrogens with zero attached hydrogens (tertiary/aromatic N) is 4. The second-order valence-corrected chi connectivity index (χ2v) is 6.41. The van der Waals surface area contributed by atoms with E-state index < -0.39 is 0 Å². The highest BCUT2D eigenvalue weighted by molar-refractivity contribution is 5.93. The number of nitrogens with one attached hydrogen (secondary N) is 1. The number of carbonyl (C=O) groups is 1. The molecule has 1 amide bonds. The Morgan fingerprint density at radius 3 is 2.84 bits per heavy atom. The van der Waals surface area contributed by atoms with Gasteiger partial charge in [0.2, 0.25) is 0 Å². The lowest BCUT2D eigenvalue weighted by Crippen LogP contribution is -2.37. The van der Waals surface area contributed by atoms with Crippen LogP contribution in [-0.2, 0) is 13.5 Å². The van der Waals surface area contributed by atoms with E-state index in [0.29, 0.717) is 12.1 Å². The number of aromatic nitrogens is 4. The molecule has 1 atom stereocenters. The van der Waals surface area contributed by atoms with Gasteiger partial charge in [-0.05, 0) is 43.7 Å². The van der Waals surface area contributed by atoms with Crippen molar-refractivity contribution in [2.75, 3.05) is 7.05 Å². The van der Waals surface area contributed by atoms with E-state index >= 15 is 0 Å². The lowest BCUT2D eigenvalue weighted by Gasteiger charge is -2.24. The molecule has 0 saturated carbocycles. The van der Waals surface area contributed by atoms with Crippen molar-refractivity contribution in [3.8, 4) is 11.4 Å². The van der Waals surface area contributed by atoms with Crippen LogP contribution in [0.1, 0.15) is 28.7 Å². The zero-order chi connectivity index (χ0) is 18.0. The summed E-state index contributed by atoms with van der Waals surface area (Å²) in [6, 6.07) is 9.72. The largest absolute Gasteiger partial charge is 0.349 e. The predicted octanol–water partition coefficient (Wildman–Crippen LogP) is 2.82. The number of aryl methyl sites for hydroxylation is 2. The smallest absolute Gasteiger partial charge is 0.271 e. The zero-order valence-corrected chi connectivity index (χ0v) is 15.0. The molecule has 25 heavy (non-hydrogen) atoms. The van der Waals surface area contributed by atoms with Gasteiger partial charge < -0.3 is 9.47 Å². The quantitative estimate of drug-likeness (QED) is 0.778. The maximum absolute atomic E-state index is 12.8. The number of carbonyl (C=O) groups excluding carboxylic acids is 1. The number of amides is 1. The Hall–Kier alpha value is -2.89. The Morgan fingerprint density at radius 1 is 1.36 bits per heavy atom. The molecule has 0 spiro atoms. The highest BCUT2D eigenvalue weighted by atomic mass is 16.2. The van der Waals surface area contributed by atoms with E-state index in [1.807, 2.05) is 63.0 Å². The van der Waals surface area contributed by atoms with E-state index in [-0.39, 0.29) is 11.9 Å². The van der Waals surface area contributed by atoms with Gasteiger partial charge in [0.25, 0.3) is 5.91 Å². The van der Waals surface area contributed by atoms with E-state index in [4.69, 9.17) is 0 Å². The molecule has 0 bridgehead atoms. The van der Waals surface area contributed by atoms with Crippen molar-refractivity contribution in [2.45, 2.75) is 26.3 Å². The second kappa shape index (κ2) is 6.93. The zero-order valence-electron chi connectivity index (χ0n) is 15.0. The third-order valence-corrected chi connectivity index (χ3v) is 4.60. The third kappa shape index (κ3) is 3.47. The molecule has 6 heteroatoms. The first-order valence-electron chi connectivity index (χ1n) is 8.32. The topological polar surface area (TPSA) is 66.8 Å². The minimum Gasteiger partial charge on any atom is -0.349 e. The van der Waals surface area contributed by atoms with E-state index in [9.17, 15) is 4.79 Å². The van der Waals surface area contributed by atoms with Gasteiger partial charge in [-0.25, -0.2) is 0 Å². The molecular formula is C19H23N5O. The van der Waals surface area contributed by atoms with Gasteiger partial charge in [-0.15, -0.1) is 0 Å². The van der Waals surface area contributed by atoms with Crippen molar-refractivity contribution in [1.29, 1.82) is 0 Å². The monoisotopic (exact) mass is 337 g/mol. The van der Waals surface area contributed by atoms with Crippen LogP contribution in [0.15, 0.2) is 42.7 Å². The van der Waals surface area contributed by atoms with Gasteiger partial charge in [0.05, 0.1) is 5.69 Å². The van der Waals surface area contributed by atoms with Crippen LogP contribution < -0.4 is 0 Å². The van der Waals surface area contributed by atoms with Crippen molar-refractivity contribution < 1.29 is 4.79 Å². The normalized spacial score (nSPS) is 12.2. The van der Waals surface area contributed by atoms with Crippen LogP contribution in [0.5, 0.6) is 0 Å². The molecule has 0 aliphatic rings. The van der Waals surface area contributed by atoms with Crippen LogP contribution in [0.2, 0.25) is 0 Å². The van der Waals surface area contributed by atoms with Crippen LogP contribution in [0.25, 0.3) is 11.4 Å². The molecule has 130 valence electrons. The summed E-state index contributed by atoms with van der Waals surface area (Å²) in [5.41, 5.74) is 4.38. The van der Waals surface area contributed by atoms with Gasteiger partial charge in [-0.3, -0.25) is 14.9 Å². The minimum absolute atomic E-state index is 0.0305. The summed E-state index contributed by atoms with van der Waals surface area (Å²) in [5, 5.41) is 7.14. The first-order valence-corrected chi connectivity index (χ1v) is 8.32. The number of likely N-dealkylation sites (N-methyl/N-ethyl adjacent to an activating group) is 1. The number of hydrogen-bond acceptors (Lipinski definition) is 3. The van der Waals surface area contributed by atoms with Gasteiger partial charge >= 0.3 is 0 Å². The van der Waals surface area contributed by atoms with Gasteiger partial charge in [0.15, 0.2) is 0 Å². The Bertz CT molecular complexity index is 879. The SMILES string of the molecule is Cc1cccnc1C[C@@H](C)N(C)C(=O)c1cc(-c2cccn2C)n[nH]1. The molecule has 3 aromatic rings. The van der Waals surface area contributed by atoms with E-state index in [1.165, 1.54) is 0 Å². The van der Waals surface area contributed by atoms with Crippen LogP contribution in [0, 0.1) is 6.92 Å². The Balaban J connectivity index is 1.73. The van der Waals surface area contributed by atoms with Crippen molar-refractivity contribution >= 4 is 5.91 Å². The molecule has 0 aliphatic heterocycles. The molecule has 0 aromatic carbocycles. The molecule has 0 unspecified atom stereocenters. The lowest BCUT2D eigenvalue weighted by molar-refractivity contribution is 0.0737. The van der Waals surface area contributed by atoms with Crippen LogP contribution in [0.3, 0.4) is 0 Å². The standard InChI is InChI=1S/C19H23N5O/c1-13-7-5-9-20-15(13)11-14(2)24(4)19(25)17-12-16(21-22-17)18-8-6-10-23(18)3/h5-10,12,14H,11H2,1-4H3,(H,21,22)/t14-/m1/s1. The van der Waals surface area contributed by atoms with Crippen LogP contribution in [-0.4, -0.2) is 43.6 Å². The van der Waals surface area contributed by atoms with E-state index in [1.54, 1.807) is 17.2 Å². The van der Waals surface area contributed by atoms with Crippen LogP contribution in [0.4, 0.5) is 0 Å². The molecule has 3 heterocycles. The Kier molecular flexibility index (Phi) is 4.70. The fourth-order valence-corrected chi connectivity index (χ4v) is 2.83. The summed E-state index contributed by atoms with van der Waals surface area (Å²) in [5.74, 6) is -0.0750. The van der Waals surface area contributed by atoms with Gasteiger partial charge in [0.1, 0.15) is 11.4 Å². The van der Waals surface area contributed by atoms with Crippen molar-refractivity contribution in [3.63, 3.8) is 0 Å². The molecular weight excluding hydrogens is 314 g/mol. The molecule has 3 rings (SSSR count).